The van der Waals surface area contributed by atoms with Crippen LogP contribution in [0.5, 0.6) is 0 Å². The Morgan fingerprint density at radius 1 is 1.00 bits per heavy atom. The Morgan fingerprint density at radius 3 is 2.38 bits per heavy atom. The molecule has 1 N–H and O–H groups in total. The van der Waals surface area contributed by atoms with E-state index in [9.17, 15) is 4.79 Å². The fourth-order valence-electron chi connectivity index (χ4n) is 3.85. The van der Waals surface area contributed by atoms with Crippen molar-refractivity contribution >= 4 is 29.1 Å². The second-order valence-corrected chi connectivity index (χ2v) is 8.61. The number of rotatable bonds is 7. The van der Waals surface area contributed by atoms with E-state index < -0.39 is 0 Å². The Labute approximate surface area is 198 Å². The number of amides is 1. The molecular formula is C24H26Cl2N4O2. The maximum atomic E-state index is 13.0. The highest BCUT2D eigenvalue weighted by Crippen LogP contribution is 2.23. The van der Waals surface area contributed by atoms with E-state index in [1.165, 1.54) is 5.56 Å². The molecule has 168 valence electrons. The van der Waals surface area contributed by atoms with E-state index in [1.807, 2.05) is 42.5 Å². The minimum Gasteiger partial charge on any atom is -0.379 e. The van der Waals surface area contributed by atoms with Crippen LogP contribution >= 0.6 is 23.2 Å². The van der Waals surface area contributed by atoms with Gasteiger partial charge in [0.2, 0.25) is 0 Å². The third kappa shape index (κ3) is 5.33. The van der Waals surface area contributed by atoms with Crippen molar-refractivity contribution in [2.45, 2.75) is 26.6 Å². The normalized spacial score (nSPS) is 14.5. The summed E-state index contributed by atoms with van der Waals surface area (Å²) in [7, 11) is 0. The van der Waals surface area contributed by atoms with Gasteiger partial charge in [-0.1, -0.05) is 65.7 Å². The number of morpholine rings is 1. The molecule has 1 amide bonds. The third-order valence-electron chi connectivity index (χ3n) is 5.63. The minimum atomic E-state index is -0.237. The topological polar surface area (TPSA) is 59.4 Å². The Morgan fingerprint density at radius 2 is 1.66 bits per heavy atom. The van der Waals surface area contributed by atoms with Crippen molar-refractivity contribution in [2.75, 3.05) is 26.3 Å². The van der Waals surface area contributed by atoms with Gasteiger partial charge in [0.1, 0.15) is 5.15 Å². The number of carbonyl (C=O) groups excluding carboxylic acids is 1. The number of halogens is 2. The van der Waals surface area contributed by atoms with Crippen molar-refractivity contribution in [3.05, 3.63) is 86.7 Å². The summed E-state index contributed by atoms with van der Waals surface area (Å²) in [6.07, 6.45) is 0. The maximum absolute atomic E-state index is 13.0. The lowest BCUT2D eigenvalue weighted by atomic mass is 10.1. The zero-order chi connectivity index (χ0) is 22.5. The average Bonchev–Trinajstić information content (AvgIpc) is 3.08. The van der Waals surface area contributed by atoms with Crippen molar-refractivity contribution in [2.24, 2.45) is 0 Å². The van der Waals surface area contributed by atoms with Gasteiger partial charge in [-0.15, -0.1) is 0 Å². The monoisotopic (exact) mass is 472 g/mol. The van der Waals surface area contributed by atoms with Crippen LogP contribution in [0.3, 0.4) is 0 Å². The van der Waals surface area contributed by atoms with Crippen LogP contribution < -0.4 is 5.32 Å². The highest BCUT2D eigenvalue weighted by Gasteiger charge is 2.21. The Balaban J connectivity index is 1.45. The van der Waals surface area contributed by atoms with Crippen molar-refractivity contribution in [3.63, 3.8) is 0 Å². The number of carbonyl (C=O) groups is 1. The largest absolute Gasteiger partial charge is 0.379 e. The molecule has 1 aliphatic rings. The molecular weight excluding hydrogens is 447 g/mol. The molecule has 0 unspecified atom stereocenters. The molecule has 6 nitrogen and oxygen atoms in total. The highest BCUT2D eigenvalue weighted by atomic mass is 35.5. The Hall–Kier alpha value is -2.38. The van der Waals surface area contributed by atoms with E-state index in [2.05, 4.69) is 21.4 Å². The molecule has 0 spiro atoms. The molecule has 1 aliphatic heterocycles. The predicted molar refractivity (Wildman–Crippen MR) is 126 cm³/mol. The quantitative estimate of drug-likeness (QED) is 0.556. The summed E-state index contributed by atoms with van der Waals surface area (Å²) in [5, 5.41) is 8.43. The van der Waals surface area contributed by atoms with Crippen LogP contribution in [-0.4, -0.2) is 46.9 Å². The molecule has 2 aromatic carbocycles. The van der Waals surface area contributed by atoms with Gasteiger partial charge in [0, 0.05) is 31.2 Å². The van der Waals surface area contributed by atoms with Crippen LogP contribution in [-0.2, 0) is 24.4 Å². The van der Waals surface area contributed by atoms with Crippen LogP contribution in [0.25, 0.3) is 0 Å². The smallest absolute Gasteiger partial charge is 0.256 e. The summed E-state index contributed by atoms with van der Waals surface area (Å²) >= 11 is 12.8. The fraction of sp³-hybridized carbons (Fsp3) is 0.333. The highest BCUT2D eigenvalue weighted by molar-refractivity contribution is 6.33. The number of nitrogens with zero attached hydrogens (tertiary/aromatic N) is 3. The first kappa shape index (κ1) is 22.8. The zero-order valence-electron chi connectivity index (χ0n) is 18.0. The van der Waals surface area contributed by atoms with Crippen LogP contribution in [0.15, 0.2) is 48.5 Å². The van der Waals surface area contributed by atoms with Gasteiger partial charge in [-0.2, -0.15) is 5.10 Å². The first-order valence-electron chi connectivity index (χ1n) is 10.6. The molecule has 8 heteroatoms. The molecule has 0 aliphatic carbocycles. The van der Waals surface area contributed by atoms with Crippen molar-refractivity contribution in [3.8, 4) is 0 Å². The SMILES string of the molecule is Cc1nn(Cc2ccccc2Cl)c(Cl)c1C(=O)NCc1ccccc1CN1CCOCC1. The molecule has 32 heavy (non-hydrogen) atoms. The summed E-state index contributed by atoms with van der Waals surface area (Å²) in [5.74, 6) is -0.237. The minimum absolute atomic E-state index is 0.237. The predicted octanol–water partition coefficient (Wildman–Crippen LogP) is 4.31. The van der Waals surface area contributed by atoms with E-state index in [4.69, 9.17) is 27.9 Å². The van der Waals surface area contributed by atoms with Gasteiger partial charge < -0.3 is 10.1 Å². The number of hydrogen-bond acceptors (Lipinski definition) is 4. The molecule has 1 aromatic heterocycles. The molecule has 0 bridgehead atoms. The van der Waals surface area contributed by atoms with Gasteiger partial charge in [0.25, 0.3) is 5.91 Å². The molecule has 0 saturated carbocycles. The number of benzene rings is 2. The van der Waals surface area contributed by atoms with Gasteiger partial charge in [0.05, 0.1) is 31.0 Å². The van der Waals surface area contributed by atoms with Gasteiger partial charge >= 0.3 is 0 Å². The van der Waals surface area contributed by atoms with E-state index in [0.29, 0.717) is 34.5 Å². The third-order valence-corrected chi connectivity index (χ3v) is 6.38. The Kier molecular flexibility index (Phi) is 7.48. The van der Waals surface area contributed by atoms with Crippen molar-refractivity contribution in [1.82, 2.24) is 20.0 Å². The lowest BCUT2D eigenvalue weighted by molar-refractivity contribution is 0.0340. The zero-order valence-corrected chi connectivity index (χ0v) is 19.5. The van der Waals surface area contributed by atoms with Crippen LogP contribution in [0.4, 0.5) is 0 Å². The lowest BCUT2D eigenvalue weighted by Gasteiger charge is -2.27. The van der Waals surface area contributed by atoms with Gasteiger partial charge in [0.15, 0.2) is 0 Å². The molecule has 3 aromatic rings. The number of nitrogens with one attached hydrogen (secondary N) is 1. The van der Waals surface area contributed by atoms with Crippen LogP contribution in [0.1, 0.15) is 32.7 Å². The van der Waals surface area contributed by atoms with E-state index >= 15 is 0 Å². The van der Waals surface area contributed by atoms with Gasteiger partial charge in [-0.25, -0.2) is 4.68 Å². The summed E-state index contributed by atoms with van der Waals surface area (Å²) in [6, 6.07) is 15.7. The number of aryl methyl sites for hydroxylation is 1. The Bertz CT molecular complexity index is 1090. The van der Waals surface area contributed by atoms with Gasteiger partial charge in [-0.3, -0.25) is 9.69 Å². The summed E-state index contributed by atoms with van der Waals surface area (Å²) < 4.78 is 7.05. The van der Waals surface area contributed by atoms with E-state index in [0.717, 1.165) is 44.0 Å². The first-order chi connectivity index (χ1) is 15.5. The fourth-order valence-corrected chi connectivity index (χ4v) is 4.37. The van der Waals surface area contributed by atoms with E-state index in [1.54, 1.807) is 11.6 Å². The van der Waals surface area contributed by atoms with Crippen molar-refractivity contribution < 1.29 is 9.53 Å². The molecule has 1 fully saturated rings. The lowest BCUT2D eigenvalue weighted by Crippen LogP contribution is -2.36. The van der Waals surface area contributed by atoms with Gasteiger partial charge in [-0.05, 0) is 29.7 Å². The second-order valence-electron chi connectivity index (χ2n) is 7.84. The van der Waals surface area contributed by atoms with Crippen molar-refractivity contribution in [1.29, 1.82) is 0 Å². The molecule has 4 rings (SSSR count). The summed E-state index contributed by atoms with van der Waals surface area (Å²) in [4.78, 5) is 15.4. The second kappa shape index (κ2) is 10.5. The number of hydrogen-bond donors (Lipinski definition) is 1. The number of ether oxygens (including phenoxy) is 1. The molecule has 0 atom stereocenters. The molecule has 2 heterocycles. The maximum Gasteiger partial charge on any atom is 0.256 e. The van der Waals surface area contributed by atoms with Crippen LogP contribution in [0, 0.1) is 6.92 Å². The van der Waals surface area contributed by atoms with Crippen LogP contribution in [0.2, 0.25) is 10.2 Å². The molecule has 0 radical (unpaired) electrons. The first-order valence-corrected chi connectivity index (χ1v) is 11.4. The average molecular weight is 473 g/mol. The van der Waals surface area contributed by atoms with E-state index in [-0.39, 0.29) is 5.91 Å². The summed E-state index contributed by atoms with van der Waals surface area (Å²) in [5.41, 5.74) is 4.16. The number of aromatic nitrogens is 2. The standard InChI is InChI=1S/C24H26Cl2N4O2/c1-17-22(23(26)30(28-17)16-20-8-4-5-9-21(20)25)24(31)27-14-18-6-2-3-7-19(18)15-29-10-12-32-13-11-29/h2-9H,10-16H2,1H3,(H,27,31). The molecule has 1 saturated heterocycles. The summed E-state index contributed by atoms with van der Waals surface area (Å²) in [6.45, 7) is 6.80.